The minimum absolute atomic E-state index is 0.163. The van der Waals surface area contributed by atoms with Gasteiger partial charge in [-0.05, 0) is 42.0 Å². The highest BCUT2D eigenvalue weighted by Gasteiger charge is 2.39. The van der Waals surface area contributed by atoms with E-state index in [2.05, 4.69) is 0 Å². The van der Waals surface area contributed by atoms with Crippen molar-refractivity contribution >= 4 is 40.9 Å². The summed E-state index contributed by atoms with van der Waals surface area (Å²) >= 11 is 7.35. The average Bonchev–Trinajstić information content (AvgIpc) is 2.88. The van der Waals surface area contributed by atoms with Gasteiger partial charge >= 0.3 is 0 Å². The number of hydrogen-bond donors (Lipinski definition) is 0. The molecule has 0 N–H and O–H groups in total. The predicted octanol–water partition coefficient (Wildman–Crippen LogP) is 3.91. The third-order valence-corrected chi connectivity index (χ3v) is 5.32. The van der Waals surface area contributed by atoms with Gasteiger partial charge in [-0.15, -0.1) is 11.8 Å². The average molecular weight is 362 g/mol. The van der Waals surface area contributed by atoms with Crippen LogP contribution in [-0.2, 0) is 15.3 Å². The lowest BCUT2D eigenvalue weighted by Crippen LogP contribution is -2.31. The number of ether oxygens (including phenoxy) is 1. The van der Waals surface area contributed by atoms with E-state index in [0.29, 0.717) is 22.2 Å². The predicted molar refractivity (Wildman–Crippen MR) is 96.6 cm³/mol. The first-order valence-corrected chi connectivity index (χ1v) is 8.88. The van der Waals surface area contributed by atoms with Gasteiger partial charge in [0.05, 0.1) is 18.0 Å². The fraction of sp³-hybridized carbons (Fsp3) is 0.222. The molecule has 124 valence electrons. The highest BCUT2D eigenvalue weighted by molar-refractivity contribution is 7.99. The molecule has 0 aliphatic carbocycles. The Bertz CT molecular complexity index is 746. The lowest BCUT2D eigenvalue weighted by Gasteiger charge is -2.15. The molecule has 24 heavy (non-hydrogen) atoms. The summed E-state index contributed by atoms with van der Waals surface area (Å²) in [6.45, 7) is 0. The minimum atomic E-state index is -0.352. The number of amides is 2. The SMILES string of the molecule is COc1ccc(N2C(=O)C[C@H](SCc3ccc(Cl)cc3)C2=O)cc1. The van der Waals surface area contributed by atoms with Crippen LogP contribution in [0.2, 0.25) is 5.02 Å². The number of halogens is 1. The van der Waals surface area contributed by atoms with Gasteiger partial charge in [-0.1, -0.05) is 23.7 Å². The molecule has 0 spiro atoms. The van der Waals surface area contributed by atoms with Crippen molar-refractivity contribution in [3.8, 4) is 5.75 Å². The Hall–Kier alpha value is -1.98. The van der Waals surface area contributed by atoms with E-state index in [-0.39, 0.29) is 23.5 Å². The maximum atomic E-state index is 12.6. The van der Waals surface area contributed by atoms with Crippen LogP contribution in [0.25, 0.3) is 0 Å². The van der Waals surface area contributed by atoms with Gasteiger partial charge in [0.1, 0.15) is 5.75 Å². The zero-order chi connectivity index (χ0) is 17.1. The zero-order valence-corrected chi connectivity index (χ0v) is 14.6. The molecule has 0 aromatic heterocycles. The molecular formula is C18H16ClNO3S. The van der Waals surface area contributed by atoms with Crippen LogP contribution in [0.15, 0.2) is 48.5 Å². The maximum absolute atomic E-state index is 12.6. The molecule has 0 radical (unpaired) electrons. The van der Waals surface area contributed by atoms with Crippen LogP contribution < -0.4 is 9.64 Å². The second-order valence-electron chi connectivity index (χ2n) is 5.40. The number of hydrogen-bond acceptors (Lipinski definition) is 4. The maximum Gasteiger partial charge on any atom is 0.247 e. The minimum Gasteiger partial charge on any atom is -0.497 e. The van der Waals surface area contributed by atoms with Crippen LogP contribution in [-0.4, -0.2) is 24.2 Å². The van der Waals surface area contributed by atoms with Crippen molar-refractivity contribution in [3.05, 3.63) is 59.1 Å². The van der Waals surface area contributed by atoms with Crippen molar-refractivity contribution in [2.45, 2.75) is 17.4 Å². The highest BCUT2D eigenvalue weighted by Crippen LogP contribution is 2.32. The topological polar surface area (TPSA) is 46.6 Å². The fourth-order valence-corrected chi connectivity index (χ4v) is 3.73. The van der Waals surface area contributed by atoms with E-state index in [9.17, 15) is 9.59 Å². The number of thioether (sulfide) groups is 1. The van der Waals surface area contributed by atoms with Crippen LogP contribution in [0.5, 0.6) is 5.75 Å². The molecule has 6 heteroatoms. The second-order valence-corrected chi connectivity index (χ2v) is 7.02. The van der Waals surface area contributed by atoms with E-state index in [1.54, 1.807) is 31.4 Å². The van der Waals surface area contributed by atoms with Gasteiger partial charge < -0.3 is 4.74 Å². The van der Waals surface area contributed by atoms with Crippen molar-refractivity contribution in [3.63, 3.8) is 0 Å². The monoisotopic (exact) mass is 361 g/mol. The van der Waals surface area contributed by atoms with Gasteiger partial charge in [0, 0.05) is 17.2 Å². The lowest BCUT2D eigenvalue weighted by molar-refractivity contribution is -0.121. The summed E-state index contributed by atoms with van der Waals surface area (Å²) in [5, 5.41) is 0.330. The van der Waals surface area contributed by atoms with Crippen molar-refractivity contribution in [1.82, 2.24) is 0 Å². The van der Waals surface area contributed by atoms with Gasteiger partial charge in [-0.25, -0.2) is 4.90 Å². The summed E-state index contributed by atoms with van der Waals surface area (Å²) in [5.74, 6) is 1.02. The molecule has 3 rings (SSSR count). The Morgan fingerprint density at radius 1 is 1.12 bits per heavy atom. The van der Waals surface area contributed by atoms with E-state index in [1.165, 1.54) is 16.7 Å². The van der Waals surface area contributed by atoms with Crippen LogP contribution in [0.3, 0.4) is 0 Å². The van der Waals surface area contributed by atoms with Crippen molar-refractivity contribution in [2.24, 2.45) is 0 Å². The summed E-state index contributed by atoms with van der Waals surface area (Å²) in [5.41, 5.74) is 1.66. The van der Waals surface area contributed by atoms with Crippen LogP contribution in [0, 0.1) is 0 Å². The molecule has 1 aliphatic heterocycles. The van der Waals surface area contributed by atoms with Crippen LogP contribution in [0.1, 0.15) is 12.0 Å². The Kier molecular flexibility index (Phi) is 5.11. The molecule has 0 saturated carbocycles. The number of rotatable bonds is 5. The normalized spacial score (nSPS) is 17.4. The van der Waals surface area contributed by atoms with Crippen LogP contribution >= 0.6 is 23.4 Å². The van der Waals surface area contributed by atoms with E-state index < -0.39 is 0 Å². The van der Waals surface area contributed by atoms with Gasteiger partial charge in [-0.3, -0.25) is 9.59 Å². The first-order valence-electron chi connectivity index (χ1n) is 7.45. The smallest absolute Gasteiger partial charge is 0.247 e. The molecule has 0 unspecified atom stereocenters. The number of imide groups is 1. The summed E-state index contributed by atoms with van der Waals surface area (Å²) in [6, 6.07) is 14.4. The lowest BCUT2D eigenvalue weighted by atomic mass is 10.2. The molecule has 1 aliphatic rings. The molecule has 0 bridgehead atoms. The Labute approximate surface area is 149 Å². The summed E-state index contributed by atoms with van der Waals surface area (Å²) in [7, 11) is 1.57. The van der Waals surface area contributed by atoms with E-state index >= 15 is 0 Å². The molecule has 2 amide bonds. The second kappa shape index (κ2) is 7.28. The number of anilines is 1. The van der Waals surface area contributed by atoms with E-state index in [0.717, 1.165) is 5.56 Å². The highest BCUT2D eigenvalue weighted by atomic mass is 35.5. The molecule has 2 aromatic rings. The van der Waals surface area contributed by atoms with Gasteiger partial charge in [0.25, 0.3) is 0 Å². The summed E-state index contributed by atoms with van der Waals surface area (Å²) in [6.07, 6.45) is 0.225. The molecule has 1 fully saturated rings. The molecule has 1 atom stereocenters. The van der Waals surface area contributed by atoms with Gasteiger partial charge in [0.2, 0.25) is 11.8 Å². The number of carbonyl (C=O) groups excluding carboxylic acids is 2. The third-order valence-electron chi connectivity index (χ3n) is 3.80. The third kappa shape index (κ3) is 3.57. The molecule has 1 saturated heterocycles. The molecular weight excluding hydrogens is 346 g/mol. The van der Waals surface area contributed by atoms with Crippen molar-refractivity contribution in [2.75, 3.05) is 12.0 Å². The first-order chi connectivity index (χ1) is 11.6. The summed E-state index contributed by atoms with van der Waals surface area (Å²) < 4.78 is 5.10. The van der Waals surface area contributed by atoms with Crippen molar-refractivity contribution in [1.29, 1.82) is 0 Å². The van der Waals surface area contributed by atoms with Crippen molar-refractivity contribution < 1.29 is 14.3 Å². The summed E-state index contributed by atoms with van der Waals surface area (Å²) in [4.78, 5) is 26.1. The molecule has 2 aromatic carbocycles. The number of nitrogens with zero attached hydrogens (tertiary/aromatic N) is 1. The first kappa shape index (κ1) is 16.9. The van der Waals surface area contributed by atoms with Crippen LogP contribution in [0.4, 0.5) is 5.69 Å². The zero-order valence-electron chi connectivity index (χ0n) is 13.1. The number of methoxy groups -OCH3 is 1. The van der Waals surface area contributed by atoms with Gasteiger partial charge in [-0.2, -0.15) is 0 Å². The number of benzene rings is 2. The van der Waals surface area contributed by atoms with E-state index in [4.69, 9.17) is 16.3 Å². The number of carbonyl (C=O) groups is 2. The Morgan fingerprint density at radius 2 is 1.79 bits per heavy atom. The fourth-order valence-electron chi connectivity index (χ4n) is 2.51. The largest absolute Gasteiger partial charge is 0.497 e. The Balaban J connectivity index is 1.67. The quantitative estimate of drug-likeness (QED) is 0.757. The van der Waals surface area contributed by atoms with E-state index in [1.807, 2.05) is 24.3 Å². The standard InChI is InChI=1S/C18H16ClNO3S/c1-23-15-8-6-14(7-9-15)20-17(21)10-16(18(20)22)24-11-12-2-4-13(19)5-3-12/h2-9,16H,10-11H2,1H3/t16-/m0/s1. The molecule has 4 nitrogen and oxygen atoms in total. The Morgan fingerprint density at radius 3 is 2.42 bits per heavy atom. The van der Waals surface area contributed by atoms with Gasteiger partial charge in [0.15, 0.2) is 0 Å². The molecule has 1 heterocycles.